The Morgan fingerprint density at radius 2 is 1.88 bits per heavy atom. The van der Waals surface area contributed by atoms with E-state index in [1.165, 1.54) is 35.2 Å². The van der Waals surface area contributed by atoms with E-state index in [2.05, 4.69) is 21.1 Å². The molecule has 0 aliphatic heterocycles. The fourth-order valence-electron chi connectivity index (χ4n) is 2.72. The van der Waals surface area contributed by atoms with Crippen LogP contribution in [0.5, 0.6) is 5.75 Å². The number of benzene rings is 2. The van der Waals surface area contributed by atoms with Gasteiger partial charge in [-0.3, -0.25) is 4.79 Å². The Kier molecular flexibility index (Phi) is 5.28. The first-order valence-corrected chi connectivity index (χ1v) is 8.01. The number of H-pyrrole nitrogens is 1. The minimum atomic E-state index is -2.86. The monoisotopic (exact) mass is 344 g/mol. The molecule has 0 unspecified atom stereocenters. The lowest BCUT2D eigenvalue weighted by Crippen LogP contribution is -2.11. The van der Waals surface area contributed by atoms with E-state index in [9.17, 15) is 13.6 Å². The Balaban J connectivity index is 1.48. The average Bonchev–Trinajstić information content (AvgIpc) is 3.00. The summed E-state index contributed by atoms with van der Waals surface area (Å²) in [7, 11) is 0. The van der Waals surface area contributed by atoms with Crippen LogP contribution >= 0.6 is 0 Å². The van der Waals surface area contributed by atoms with E-state index in [1.54, 1.807) is 0 Å². The number of carbonyl (C=O) groups excluding carboxylic acids is 1. The molecule has 2 N–H and O–H groups in total. The molecule has 4 nitrogen and oxygen atoms in total. The first kappa shape index (κ1) is 17.0. The second kappa shape index (κ2) is 7.79. The van der Waals surface area contributed by atoms with Gasteiger partial charge >= 0.3 is 6.61 Å². The first-order valence-electron chi connectivity index (χ1n) is 8.01. The summed E-state index contributed by atoms with van der Waals surface area (Å²) < 4.78 is 28.4. The predicted octanol–water partition coefficient (Wildman–Crippen LogP) is 4.73. The molecule has 1 aromatic heterocycles. The Labute approximate surface area is 143 Å². The lowest BCUT2D eigenvalue weighted by Gasteiger charge is -2.07. The highest BCUT2D eigenvalue weighted by atomic mass is 19.3. The molecule has 130 valence electrons. The van der Waals surface area contributed by atoms with Crippen molar-refractivity contribution in [3.05, 3.63) is 60.3 Å². The summed E-state index contributed by atoms with van der Waals surface area (Å²) >= 11 is 0. The van der Waals surface area contributed by atoms with Crippen molar-refractivity contribution in [3.63, 3.8) is 0 Å². The number of carbonyl (C=O) groups is 1. The summed E-state index contributed by atoms with van der Waals surface area (Å²) in [6, 6.07) is 13.9. The number of aromatic nitrogens is 1. The molecule has 0 aliphatic rings. The van der Waals surface area contributed by atoms with Gasteiger partial charge in [-0.2, -0.15) is 8.78 Å². The molecule has 25 heavy (non-hydrogen) atoms. The number of amides is 1. The van der Waals surface area contributed by atoms with E-state index in [0.717, 1.165) is 18.4 Å². The zero-order valence-electron chi connectivity index (χ0n) is 13.5. The number of alkyl halides is 2. The quantitative estimate of drug-likeness (QED) is 0.651. The smallest absolute Gasteiger partial charge is 0.387 e. The van der Waals surface area contributed by atoms with Gasteiger partial charge in [-0.1, -0.05) is 18.2 Å². The van der Waals surface area contributed by atoms with Crippen LogP contribution in [0, 0.1) is 0 Å². The third-order valence-electron chi connectivity index (χ3n) is 3.89. The molecule has 1 heterocycles. The minimum absolute atomic E-state index is 0.0623. The first-order chi connectivity index (χ1) is 12.1. The molecule has 2 aromatic carbocycles. The van der Waals surface area contributed by atoms with Gasteiger partial charge in [0.05, 0.1) is 0 Å². The number of halogens is 2. The molecule has 0 bridgehead atoms. The Morgan fingerprint density at radius 1 is 1.12 bits per heavy atom. The molecule has 0 spiro atoms. The van der Waals surface area contributed by atoms with Gasteiger partial charge in [-0.25, -0.2) is 0 Å². The molecule has 3 aromatic rings. The summed E-state index contributed by atoms with van der Waals surface area (Å²) in [6.07, 6.45) is 3.89. The van der Waals surface area contributed by atoms with Gasteiger partial charge in [-0.05, 0) is 48.7 Å². The molecule has 0 radical (unpaired) electrons. The summed E-state index contributed by atoms with van der Waals surface area (Å²) in [5, 5.41) is 3.93. The van der Waals surface area contributed by atoms with Crippen LogP contribution in [0.1, 0.15) is 18.4 Å². The largest absolute Gasteiger partial charge is 0.435 e. The van der Waals surface area contributed by atoms with Gasteiger partial charge in [0.1, 0.15) is 5.75 Å². The molecule has 0 fully saturated rings. The normalized spacial score (nSPS) is 11.0. The standard InChI is InChI=1S/C19H18F2N2O2/c20-19(21)25-15-10-8-14(9-11-15)23-18(24)7-3-4-13-12-22-17-6-2-1-5-16(13)17/h1-2,5-6,8-12,19,22H,3-4,7H2,(H,23,24). The van der Waals surface area contributed by atoms with Gasteiger partial charge in [0.25, 0.3) is 0 Å². The van der Waals surface area contributed by atoms with Crippen molar-refractivity contribution in [3.8, 4) is 5.75 Å². The molecule has 0 atom stereocenters. The van der Waals surface area contributed by atoms with Crippen LogP contribution in [0.15, 0.2) is 54.7 Å². The molecule has 1 amide bonds. The van der Waals surface area contributed by atoms with E-state index in [4.69, 9.17) is 0 Å². The Morgan fingerprint density at radius 3 is 2.64 bits per heavy atom. The number of anilines is 1. The maximum Gasteiger partial charge on any atom is 0.387 e. The summed E-state index contributed by atoms with van der Waals surface area (Å²) in [5.74, 6) is -0.0466. The zero-order chi connectivity index (χ0) is 17.6. The molecule has 0 saturated carbocycles. The topological polar surface area (TPSA) is 54.1 Å². The van der Waals surface area contributed by atoms with Crippen molar-refractivity contribution in [1.82, 2.24) is 4.98 Å². The minimum Gasteiger partial charge on any atom is -0.435 e. The van der Waals surface area contributed by atoms with Crippen molar-refractivity contribution in [1.29, 1.82) is 0 Å². The Bertz CT molecular complexity index is 844. The fourth-order valence-corrected chi connectivity index (χ4v) is 2.72. The van der Waals surface area contributed by atoms with Crippen LogP contribution in [0.4, 0.5) is 14.5 Å². The number of fused-ring (bicyclic) bond motifs is 1. The van der Waals surface area contributed by atoms with Crippen LogP contribution < -0.4 is 10.1 Å². The molecular weight excluding hydrogens is 326 g/mol. The predicted molar refractivity (Wildman–Crippen MR) is 92.9 cm³/mol. The number of hydrogen-bond acceptors (Lipinski definition) is 2. The van der Waals surface area contributed by atoms with Crippen LogP contribution in [0.3, 0.4) is 0 Å². The fraction of sp³-hybridized carbons (Fsp3) is 0.211. The number of aromatic amines is 1. The lowest BCUT2D eigenvalue weighted by molar-refractivity contribution is -0.116. The average molecular weight is 344 g/mol. The molecule has 3 rings (SSSR count). The second-order valence-electron chi connectivity index (χ2n) is 5.66. The van der Waals surface area contributed by atoms with Gasteiger partial charge < -0.3 is 15.0 Å². The zero-order valence-corrected chi connectivity index (χ0v) is 13.5. The number of nitrogens with one attached hydrogen (secondary N) is 2. The summed E-state index contributed by atoms with van der Waals surface area (Å²) in [4.78, 5) is 15.2. The third-order valence-corrected chi connectivity index (χ3v) is 3.89. The van der Waals surface area contributed by atoms with Crippen LogP contribution in [-0.2, 0) is 11.2 Å². The van der Waals surface area contributed by atoms with Crippen molar-refractivity contribution < 1.29 is 18.3 Å². The van der Waals surface area contributed by atoms with E-state index >= 15 is 0 Å². The van der Waals surface area contributed by atoms with E-state index in [0.29, 0.717) is 12.1 Å². The van der Waals surface area contributed by atoms with E-state index in [1.807, 2.05) is 24.4 Å². The van der Waals surface area contributed by atoms with E-state index in [-0.39, 0.29) is 11.7 Å². The molecule has 0 aliphatic carbocycles. The SMILES string of the molecule is O=C(CCCc1c[nH]c2ccccc12)Nc1ccc(OC(F)F)cc1. The Hall–Kier alpha value is -2.89. The van der Waals surface area contributed by atoms with Crippen LogP contribution in [-0.4, -0.2) is 17.5 Å². The molecule has 0 saturated heterocycles. The van der Waals surface area contributed by atoms with Gasteiger partial charge in [-0.15, -0.1) is 0 Å². The van der Waals surface area contributed by atoms with Gasteiger partial charge in [0.15, 0.2) is 0 Å². The van der Waals surface area contributed by atoms with Crippen molar-refractivity contribution in [2.24, 2.45) is 0 Å². The summed E-state index contributed by atoms with van der Waals surface area (Å²) in [5.41, 5.74) is 2.84. The maximum absolute atomic E-state index is 12.1. The molecular formula is C19H18F2N2O2. The van der Waals surface area contributed by atoms with Gasteiger partial charge in [0, 0.05) is 29.2 Å². The van der Waals surface area contributed by atoms with Crippen molar-refractivity contribution in [2.45, 2.75) is 25.9 Å². The molecule has 6 heteroatoms. The number of ether oxygens (including phenoxy) is 1. The number of para-hydroxylation sites is 1. The van der Waals surface area contributed by atoms with Crippen molar-refractivity contribution >= 4 is 22.5 Å². The highest BCUT2D eigenvalue weighted by molar-refractivity contribution is 5.90. The number of aryl methyl sites for hydroxylation is 1. The summed E-state index contributed by atoms with van der Waals surface area (Å²) in [6.45, 7) is -2.86. The third kappa shape index (κ3) is 4.56. The number of rotatable bonds is 7. The lowest BCUT2D eigenvalue weighted by atomic mass is 10.1. The van der Waals surface area contributed by atoms with Crippen molar-refractivity contribution in [2.75, 3.05) is 5.32 Å². The van der Waals surface area contributed by atoms with Crippen LogP contribution in [0.2, 0.25) is 0 Å². The number of hydrogen-bond donors (Lipinski definition) is 2. The van der Waals surface area contributed by atoms with E-state index < -0.39 is 6.61 Å². The maximum atomic E-state index is 12.1. The second-order valence-corrected chi connectivity index (χ2v) is 5.66. The van der Waals surface area contributed by atoms with Gasteiger partial charge in [0.2, 0.25) is 5.91 Å². The van der Waals surface area contributed by atoms with Crippen LogP contribution in [0.25, 0.3) is 10.9 Å². The highest BCUT2D eigenvalue weighted by Crippen LogP contribution is 2.20. The highest BCUT2D eigenvalue weighted by Gasteiger charge is 2.07.